The van der Waals surface area contributed by atoms with Gasteiger partial charge in [-0.1, -0.05) is 66.7 Å². The summed E-state index contributed by atoms with van der Waals surface area (Å²) in [5, 5.41) is 0. The molecule has 3 heteroatoms. The Morgan fingerprint density at radius 3 is 2.20 bits per heavy atom. The lowest BCUT2D eigenvalue weighted by molar-refractivity contribution is -0.143. The van der Waals surface area contributed by atoms with Gasteiger partial charge in [-0.3, -0.25) is 4.79 Å². The molecule has 2 aromatic carbocycles. The van der Waals surface area contributed by atoms with Crippen molar-refractivity contribution in [1.29, 1.82) is 0 Å². The van der Waals surface area contributed by atoms with Gasteiger partial charge in [0.05, 0.1) is 6.61 Å². The van der Waals surface area contributed by atoms with Crippen LogP contribution < -0.4 is 0 Å². The van der Waals surface area contributed by atoms with E-state index in [1.165, 1.54) is 16.7 Å². The molecule has 3 rings (SSSR count). The highest BCUT2D eigenvalue weighted by Gasteiger charge is 2.22. The molecule has 1 heterocycles. The van der Waals surface area contributed by atoms with Crippen LogP contribution in [0.15, 0.2) is 84.6 Å². The molecule has 0 atom stereocenters. The number of rotatable bonds is 6. The SMILES string of the molecule is CCOC(=O)CN1C=CC=C(C(c2ccccc2)c2ccccc2)C1. The fraction of sp³-hybridized carbons (Fsp3) is 0.227. The lowest BCUT2D eigenvalue weighted by atomic mass is 9.84. The Kier molecular flexibility index (Phi) is 5.68. The number of nitrogens with zero attached hydrogens (tertiary/aromatic N) is 1. The smallest absolute Gasteiger partial charge is 0.325 e. The van der Waals surface area contributed by atoms with Crippen molar-refractivity contribution in [3.8, 4) is 0 Å². The molecule has 0 fully saturated rings. The molecule has 0 unspecified atom stereocenters. The maximum absolute atomic E-state index is 11.8. The van der Waals surface area contributed by atoms with Gasteiger partial charge >= 0.3 is 5.97 Å². The summed E-state index contributed by atoms with van der Waals surface area (Å²) in [4.78, 5) is 13.8. The lowest BCUT2D eigenvalue weighted by Crippen LogP contribution is -2.31. The first-order valence-electron chi connectivity index (χ1n) is 8.64. The first kappa shape index (κ1) is 17.0. The summed E-state index contributed by atoms with van der Waals surface area (Å²) in [5.74, 6) is -0.0126. The van der Waals surface area contributed by atoms with Crippen LogP contribution in [0.4, 0.5) is 0 Å². The summed E-state index contributed by atoms with van der Waals surface area (Å²) in [6.07, 6.45) is 6.12. The Morgan fingerprint density at radius 1 is 1.04 bits per heavy atom. The van der Waals surface area contributed by atoms with Crippen molar-refractivity contribution in [1.82, 2.24) is 4.90 Å². The average Bonchev–Trinajstić information content (AvgIpc) is 2.64. The van der Waals surface area contributed by atoms with Crippen LogP contribution in [0.2, 0.25) is 0 Å². The molecule has 128 valence electrons. The Hall–Kier alpha value is -2.81. The van der Waals surface area contributed by atoms with Crippen molar-refractivity contribution in [3.63, 3.8) is 0 Å². The van der Waals surface area contributed by atoms with Gasteiger partial charge in [0.25, 0.3) is 0 Å². The quantitative estimate of drug-likeness (QED) is 0.744. The largest absolute Gasteiger partial charge is 0.465 e. The third-order valence-electron chi connectivity index (χ3n) is 4.27. The molecule has 3 nitrogen and oxygen atoms in total. The van der Waals surface area contributed by atoms with E-state index in [9.17, 15) is 4.79 Å². The normalized spacial score (nSPS) is 13.7. The third kappa shape index (κ3) is 4.38. The van der Waals surface area contributed by atoms with Gasteiger partial charge in [-0.05, 0) is 35.9 Å². The first-order valence-corrected chi connectivity index (χ1v) is 8.64. The molecule has 0 saturated carbocycles. The summed E-state index contributed by atoms with van der Waals surface area (Å²) >= 11 is 0. The number of ether oxygens (including phenoxy) is 1. The van der Waals surface area contributed by atoms with Crippen molar-refractivity contribution >= 4 is 5.97 Å². The van der Waals surface area contributed by atoms with Gasteiger partial charge in [0.2, 0.25) is 0 Å². The van der Waals surface area contributed by atoms with E-state index in [2.05, 4.69) is 54.6 Å². The van der Waals surface area contributed by atoms with Crippen molar-refractivity contribution in [3.05, 3.63) is 95.7 Å². The fourth-order valence-electron chi connectivity index (χ4n) is 3.21. The molecule has 25 heavy (non-hydrogen) atoms. The zero-order valence-electron chi connectivity index (χ0n) is 14.5. The summed E-state index contributed by atoms with van der Waals surface area (Å²) in [6.45, 7) is 3.23. The van der Waals surface area contributed by atoms with Crippen molar-refractivity contribution < 1.29 is 9.53 Å². The summed E-state index contributed by atoms with van der Waals surface area (Å²) in [6, 6.07) is 21.0. The second-order valence-electron chi connectivity index (χ2n) is 6.05. The Bertz CT molecular complexity index is 711. The van der Waals surface area contributed by atoms with E-state index in [-0.39, 0.29) is 18.4 Å². The van der Waals surface area contributed by atoms with E-state index >= 15 is 0 Å². The van der Waals surface area contributed by atoms with Crippen LogP contribution in [-0.4, -0.2) is 30.6 Å². The van der Waals surface area contributed by atoms with Gasteiger partial charge in [-0.15, -0.1) is 0 Å². The van der Waals surface area contributed by atoms with Crippen LogP contribution in [-0.2, 0) is 9.53 Å². The van der Waals surface area contributed by atoms with E-state index < -0.39 is 0 Å². The summed E-state index contributed by atoms with van der Waals surface area (Å²) < 4.78 is 5.08. The monoisotopic (exact) mass is 333 g/mol. The topological polar surface area (TPSA) is 29.5 Å². The van der Waals surface area contributed by atoms with Crippen LogP contribution >= 0.6 is 0 Å². The van der Waals surface area contributed by atoms with Gasteiger partial charge < -0.3 is 9.64 Å². The molecule has 1 aliphatic heterocycles. The number of esters is 1. The lowest BCUT2D eigenvalue weighted by Gasteiger charge is -2.29. The fourth-order valence-corrected chi connectivity index (χ4v) is 3.21. The predicted molar refractivity (Wildman–Crippen MR) is 100 cm³/mol. The molecule has 0 spiro atoms. The highest BCUT2D eigenvalue weighted by molar-refractivity contribution is 5.72. The maximum atomic E-state index is 11.8. The van der Waals surface area contributed by atoms with E-state index in [1.54, 1.807) is 0 Å². The maximum Gasteiger partial charge on any atom is 0.325 e. The molecule has 2 aromatic rings. The minimum atomic E-state index is -0.190. The number of carbonyl (C=O) groups excluding carboxylic acids is 1. The number of hydrogen-bond acceptors (Lipinski definition) is 3. The number of hydrogen-bond donors (Lipinski definition) is 0. The highest BCUT2D eigenvalue weighted by atomic mass is 16.5. The molecule has 0 bridgehead atoms. The van der Waals surface area contributed by atoms with Crippen LogP contribution in [0.3, 0.4) is 0 Å². The van der Waals surface area contributed by atoms with Crippen molar-refractivity contribution in [2.45, 2.75) is 12.8 Å². The summed E-state index contributed by atoms with van der Waals surface area (Å²) in [5.41, 5.74) is 3.78. The molecule has 0 radical (unpaired) electrons. The van der Waals surface area contributed by atoms with Crippen LogP contribution in [0.5, 0.6) is 0 Å². The van der Waals surface area contributed by atoms with Gasteiger partial charge in [-0.2, -0.15) is 0 Å². The van der Waals surface area contributed by atoms with Crippen LogP contribution in [0, 0.1) is 0 Å². The third-order valence-corrected chi connectivity index (χ3v) is 4.27. The van der Waals surface area contributed by atoms with Crippen LogP contribution in [0.1, 0.15) is 24.0 Å². The Balaban J connectivity index is 1.86. The summed E-state index contributed by atoms with van der Waals surface area (Å²) in [7, 11) is 0. The number of allylic oxidation sites excluding steroid dienone is 2. The molecule has 1 aliphatic rings. The highest BCUT2D eigenvalue weighted by Crippen LogP contribution is 2.33. The van der Waals surface area contributed by atoms with Gasteiger partial charge in [0.1, 0.15) is 6.54 Å². The number of carbonyl (C=O) groups is 1. The van der Waals surface area contributed by atoms with E-state index in [4.69, 9.17) is 4.74 Å². The van der Waals surface area contributed by atoms with Crippen molar-refractivity contribution in [2.75, 3.05) is 19.7 Å². The minimum Gasteiger partial charge on any atom is -0.465 e. The van der Waals surface area contributed by atoms with Gasteiger partial charge in [0, 0.05) is 12.5 Å². The molecule has 0 aliphatic carbocycles. The minimum absolute atomic E-state index is 0.178. The number of benzene rings is 2. The molecule has 0 aromatic heterocycles. The second-order valence-corrected chi connectivity index (χ2v) is 6.05. The Labute approximate surface area is 149 Å². The molecular formula is C22H23NO2. The Morgan fingerprint density at radius 2 is 1.64 bits per heavy atom. The second kappa shape index (κ2) is 8.34. The van der Waals surface area contributed by atoms with Gasteiger partial charge in [-0.25, -0.2) is 0 Å². The van der Waals surface area contributed by atoms with Gasteiger partial charge in [0.15, 0.2) is 0 Å². The standard InChI is InChI=1S/C22H23NO2/c1-2-25-21(24)17-23-15-9-14-20(16-23)22(18-10-5-3-6-11-18)19-12-7-4-8-13-19/h3-15,22H,2,16-17H2,1H3. The van der Waals surface area contributed by atoms with Crippen LogP contribution in [0.25, 0.3) is 0 Å². The molecular weight excluding hydrogens is 310 g/mol. The zero-order valence-corrected chi connectivity index (χ0v) is 14.5. The molecule has 0 amide bonds. The first-order chi connectivity index (χ1) is 12.3. The molecule has 0 N–H and O–H groups in total. The van der Waals surface area contributed by atoms with Crippen molar-refractivity contribution in [2.24, 2.45) is 0 Å². The average molecular weight is 333 g/mol. The molecule has 0 saturated heterocycles. The van der Waals surface area contributed by atoms with E-state index in [0.717, 1.165) is 0 Å². The van der Waals surface area contributed by atoms with E-state index in [0.29, 0.717) is 13.2 Å². The van der Waals surface area contributed by atoms with E-state index in [1.807, 2.05) is 36.2 Å². The zero-order chi connectivity index (χ0) is 17.5. The predicted octanol–water partition coefficient (Wildman–Crippen LogP) is 4.14.